The number of pyridine rings is 1. The number of aromatic nitrogens is 4. The van der Waals surface area contributed by atoms with Crippen molar-refractivity contribution in [1.29, 1.82) is 0 Å². The Hall–Kier alpha value is -2.66. The first-order valence-corrected chi connectivity index (χ1v) is 12.5. The summed E-state index contributed by atoms with van der Waals surface area (Å²) < 4.78 is 54.8. The lowest BCUT2D eigenvalue weighted by molar-refractivity contribution is -0.137. The fraction of sp³-hybridized carbons (Fsp3) is 0.458. The molecule has 1 unspecified atom stereocenters. The summed E-state index contributed by atoms with van der Waals surface area (Å²) >= 11 is 1.62. The molecule has 1 aliphatic carbocycles. The first-order valence-electron chi connectivity index (χ1n) is 11.5. The van der Waals surface area contributed by atoms with Gasteiger partial charge in [0.15, 0.2) is 11.0 Å². The van der Waals surface area contributed by atoms with Crippen LogP contribution in [0.2, 0.25) is 0 Å². The van der Waals surface area contributed by atoms with Crippen molar-refractivity contribution in [2.75, 3.05) is 25.4 Å². The predicted octanol–water partition coefficient (Wildman–Crippen LogP) is 4.69. The van der Waals surface area contributed by atoms with E-state index in [9.17, 15) is 22.4 Å². The van der Waals surface area contributed by atoms with Crippen molar-refractivity contribution in [3.63, 3.8) is 0 Å². The summed E-state index contributed by atoms with van der Waals surface area (Å²) in [6.07, 6.45) is -0.201. The fourth-order valence-electron chi connectivity index (χ4n) is 5.09. The van der Waals surface area contributed by atoms with Crippen LogP contribution in [0, 0.1) is 11.2 Å². The molecule has 1 aliphatic heterocycles. The molecule has 11 heteroatoms. The number of H-pyrrole nitrogens is 1. The number of likely N-dealkylation sites (tertiary alicyclic amines) is 1. The Morgan fingerprint density at radius 3 is 2.77 bits per heavy atom. The SMILES string of the molecule is Cn1c(SCCCN2CC[C@]3(CC3c3ccc(C(F)(F)F)cc3F)C2)nnc1-c1ccc(=O)[nH]c1. The van der Waals surface area contributed by atoms with Crippen LogP contribution in [0.1, 0.15) is 36.3 Å². The van der Waals surface area contributed by atoms with Crippen molar-refractivity contribution in [3.8, 4) is 11.4 Å². The van der Waals surface area contributed by atoms with Gasteiger partial charge in [0.2, 0.25) is 5.56 Å². The molecule has 1 saturated heterocycles. The molecule has 35 heavy (non-hydrogen) atoms. The normalized spacial score (nSPS) is 22.3. The lowest BCUT2D eigenvalue weighted by Gasteiger charge is -2.16. The number of benzene rings is 1. The monoisotopic (exact) mass is 507 g/mol. The number of thioether (sulfide) groups is 1. The minimum absolute atomic E-state index is 0.00542. The summed E-state index contributed by atoms with van der Waals surface area (Å²) in [6, 6.07) is 6.10. The third-order valence-corrected chi connectivity index (χ3v) is 8.19. The predicted molar refractivity (Wildman–Crippen MR) is 125 cm³/mol. The first-order chi connectivity index (χ1) is 16.7. The second kappa shape index (κ2) is 9.09. The Morgan fingerprint density at radius 1 is 1.23 bits per heavy atom. The molecule has 186 valence electrons. The highest BCUT2D eigenvalue weighted by molar-refractivity contribution is 7.99. The van der Waals surface area contributed by atoms with Gasteiger partial charge in [-0.3, -0.25) is 4.79 Å². The molecular weight excluding hydrogens is 482 g/mol. The summed E-state index contributed by atoms with van der Waals surface area (Å²) in [5.74, 6) is 0.786. The van der Waals surface area contributed by atoms with Crippen LogP contribution < -0.4 is 5.56 Å². The quantitative estimate of drug-likeness (QED) is 0.286. The lowest BCUT2D eigenvalue weighted by atomic mass is 9.97. The van der Waals surface area contributed by atoms with E-state index in [4.69, 9.17) is 0 Å². The van der Waals surface area contributed by atoms with E-state index in [2.05, 4.69) is 20.1 Å². The molecular formula is C24H25F4N5OS. The van der Waals surface area contributed by atoms with E-state index in [1.54, 1.807) is 24.0 Å². The van der Waals surface area contributed by atoms with Crippen molar-refractivity contribution >= 4 is 11.8 Å². The largest absolute Gasteiger partial charge is 0.416 e. The standard InChI is InChI=1S/C24H25F4N5OS/c1-32-21(15-3-6-20(34)29-13-15)30-31-22(32)35-10-2-8-33-9-7-23(14-33)12-18(23)17-5-4-16(11-19(17)25)24(26,27)28/h3-6,11,13,18H,2,7-10,12,14H2,1H3,(H,29,34)/t18?,23-/m0/s1. The number of aromatic amines is 1. The van der Waals surface area contributed by atoms with Gasteiger partial charge in [-0.15, -0.1) is 10.2 Å². The molecule has 0 amide bonds. The van der Waals surface area contributed by atoms with Crippen molar-refractivity contribution < 1.29 is 17.6 Å². The number of nitrogens with one attached hydrogen (secondary N) is 1. The van der Waals surface area contributed by atoms with E-state index in [0.29, 0.717) is 17.5 Å². The van der Waals surface area contributed by atoms with Crippen LogP contribution in [0.15, 0.2) is 46.5 Å². The van der Waals surface area contributed by atoms with Gasteiger partial charge in [0, 0.05) is 37.2 Å². The molecule has 5 rings (SSSR count). The average Bonchev–Trinajstić information content (AvgIpc) is 3.14. The Balaban J connectivity index is 1.11. The number of halogens is 4. The van der Waals surface area contributed by atoms with Gasteiger partial charge >= 0.3 is 6.18 Å². The van der Waals surface area contributed by atoms with Crippen molar-refractivity contribution in [2.45, 2.75) is 36.5 Å². The smallest absolute Gasteiger partial charge is 0.328 e. The molecule has 6 nitrogen and oxygen atoms in total. The van der Waals surface area contributed by atoms with Crippen LogP contribution in [0.3, 0.4) is 0 Å². The molecule has 2 aliphatic rings. The van der Waals surface area contributed by atoms with E-state index in [0.717, 1.165) is 61.4 Å². The molecule has 1 N–H and O–H groups in total. The maximum atomic E-state index is 14.4. The van der Waals surface area contributed by atoms with Gasteiger partial charge in [-0.2, -0.15) is 13.2 Å². The second-order valence-electron chi connectivity index (χ2n) is 9.39. The zero-order valence-corrected chi connectivity index (χ0v) is 19.9. The van der Waals surface area contributed by atoms with Gasteiger partial charge in [-0.25, -0.2) is 4.39 Å². The number of nitrogens with zero attached hydrogens (tertiary/aromatic N) is 4. The van der Waals surface area contributed by atoms with Gasteiger partial charge < -0.3 is 14.5 Å². The lowest BCUT2D eigenvalue weighted by Crippen LogP contribution is -2.23. The molecule has 0 radical (unpaired) electrons. The van der Waals surface area contributed by atoms with Gasteiger partial charge in [0.05, 0.1) is 5.56 Å². The van der Waals surface area contributed by atoms with Crippen LogP contribution >= 0.6 is 11.8 Å². The van der Waals surface area contributed by atoms with Gasteiger partial charge in [0.25, 0.3) is 0 Å². The summed E-state index contributed by atoms with van der Waals surface area (Å²) in [5.41, 5.74) is 0.0836. The highest BCUT2D eigenvalue weighted by atomic mass is 32.2. The van der Waals surface area contributed by atoms with Gasteiger partial charge in [0.1, 0.15) is 5.82 Å². The summed E-state index contributed by atoms with van der Waals surface area (Å²) in [7, 11) is 1.89. The highest BCUT2D eigenvalue weighted by Gasteiger charge is 2.58. The summed E-state index contributed by atoms with van der Waals surface area (Å²) in [5, 5.41) is 9.28. The second-order valence-corrected chi connectivity index (χ2v) is 10.5. The third-order valence-electron chi connectivity index (χ3n) is 7.08. The summed E-state index contributed by atoms with van der Waals surface area (Å²) in [6.45, 7) is 2.68. The van der Waals surface area contributed by atoms with Crippen LogP contribution in [0.25, 0.3) is 11.4 Å². The summed E-state index contributed by atoms with van der Waals surface area (Å²) in [4.78, 5) is 16.3. The Bertz CT molecular complexity index is 1270. The van der Waals surface area contributed by atoms with Crippen LogP contribution in [0.4, 0.5) is 17.6 Å². The Labute approximate surface area is 203 Å². The van der Waals surface area contributed by atoms with Crippen LogP contribution in [-0.4, -0.2) is 50.0 Å². The maximum absolute atomic E-state index is 14.4. The molecule has 1 saturated carbocycles. The first kappa shape index (κ1) is 24.1. The minimum Gasteiger partial charge on any atom is -0.328 e. The van der Waals surface area contributed by atoms with Crippen molar-refractivity contribution in [1.82, 2.24) is 24.6 Å². The van der Waals surface area contributed by atoms with Crippen LogP contribution in [-0.2, 0) is 13.2 Å². The Morgan fingerprint density at radius 2 is 2.06 bits per heavy atom. The topological polar surface area (TPSA) is 66.8 Å². The molecule has 1 spiro atoms. The maximum Gasteiger partial charge on any atom is 0.416 e. The Kier molecular flexibility index (Phi) is 6.25. The van der Waals surface area contributed by atoms with Gasteiger partial charge in [-0.05, 0) is 67.4 Å². The van der Waals surface area contributed by atoms with Crippen molar-refractivity contribution in [2.24, 2.45) is 12.5 Å². The zero-order chi connectivity index (χ0) is 24.8. The number of hydrogen-bond acceptors (Lipinski definition) is 5. The van der Waals surface area contributed by atoms with E-state index in [1.165, 1.54) is 12.1 Å². The van der Waals surface area contributed by atoms with Gasteiger partial charge in [-0.1, -0.05) is 17.8 Å². The average molecular weight is 508 g/mol. The molecule has 3 aromatic rings. The molecule has 2 atom stereocenters. The minimum atomic E-state index is -4.53. The fourth-order valence-corrected chi connectivity index (χ4v) is 5.93. The number of alkyl halides is 3. The highest BCUT2D eigenvalue weighted by Crippen LogP contribution is 2.64. The van der Waals surface area contributed by atoms with Crippen molar-refractivity contribution in [3.05, 3.63) is 63.8 Å². The third kappa shape index (κ3) is 4.88. The molecule has 2 fully saturated rings. The number of hydrogen-bond donors (Lipinski definition) is 1. The molecule has 1 aromatic carbocycles. The molecule has 2 aromatic heterocycles. The zero-order valence-electron chi connectivity index (χ0n) is 19.1. The van der Waals surface area contributed by atoms with E-state index in [-0.39, 0.29) is 16.9 Å². The molecule has 3 heterocycles. The van der Waals surface area contributed by atoms with E-state index in [1.807, 2.05) is 11.6 Å². The van der Waals surface area contributed by atoms with Crippen LogP contribution in [0.5, 0.6) is 0 Å². The van der Waals surface area contributed by atoms with E-state index < -0.39 is 17.6 Å². The number of rotatable bonds is 7. The van der Waals surface area contributed by atoms with E-state index >= 15 is 0 Å². The molecule has 0 bridgehead atoms.